The lowest BCUT2D eigenvalue weighted by Gasteiger charge is -2.27. The number of piperazine rings is 1. The lowest BCUT2D eigenvalue weighted by Crippen LogP contribution is -2.46. The van der Waals surface area contributed by atoms with Crippen molar-refractivity contribution in [2.45, 2.75) is 19.4 Å². The van der Waals surface area contributed by atoms with E-state index < -0.39 is 0 Å². The average molecular weight is 484 g/mol. The van der Waals surface area contributed by atoms with Gasteiger partial charge in [0.05, 0.1) is 7.11 Å². The molecule has 1 aliphatic heterocycles. The molecule has 0 spiro atoms. The molecule has 0 aliphatic carbocycles. The molecule has 0 unspecified atom stereocenters. The van der Waals surface area contributed by atoms with Gasteiger partial charge in [0.2, 0.25) is 5.91 Å². The summed E-state index contributed by atoms with van der Waals surface area (Å²) in [4.78, 5) is 29.4. The maximum absolute atomic E-state index is 12.6. The standard InChI is InChI=1S/C24H26ClN5O4/c1-33-21-14-17(5-7-20(21)34-15-16-3-2-4-18(25)13-16)23-27-24(32)19(28-29-23)6-8-22(31)30-11-9-26-10-12-30/h2-5,7,13-14,26H,6,8-12,15H2,1H3,(H,27,29,32). The number of hydrogen-bond acceptors (Lipinski definition) is 7. The van der Waals surface area contributed by atoms with Crippen molar-refractivity contribution in [1.29, 1.82) is 0 Å². The molecule has 1 amide bonds. The topological polar surface area (TPSA) is 109 Å². The van der Waals surface area contributed by atoms with E-state index in [1.807, 2.05) is 18.2 Å². The van der Waals surface area contributed by atoms with Gasteiger partial charge in [0.25, 0.3) is 5.56 Å². The third kappa shape index (κ3) is 5.92. The highest BCUT2D eigenvalue weighted by Gasteiger charge is 2.17. The molecule has 1 aromatic heterocycles. The number of rotatable bonds is 8. The summed E-state index contributed by atoms with van der Waals surface area (Å²) in [7, 11) is 1.54. The number of H-pyrrole nitrogens is 1. The van der Waals surface area contributed by atoms with Crippen molar-refractivity contribution in [2.24, 2.45) is 0 Å². The second-order valence-electron chi connectivity index (χ2n) is 7.86. The molecule has 2 aromatic carbocycles. The number of ether oxygens (including phenoxy) is 2. The van der Waals surface area contributed by atoms with E-state index in [9.17, 15) is 9.59 Å². The van der Waals surface area contributed by atoms with Crippen molar-refractivity contribution < 1.29 is 14.3 Å². The first kappa shape index (κ1) is 23.7. The van der Waals surface area contributed by atoms with Crippen molar-refractivity contribution in [1.82, 2.24) is 25.4 Å². The minimum absolute atomic E-state index is 0.0184. The average Bonchev–Trinajstić information content (AvgIpc) is 2.87. The van der Waals surface area contributed by atoms with E-state index in [0.717, 1.165) is 18.7 Å². The zero-order chi connectivity index (χ0) is 23.9. The van der Waals surface area contributed by atoms with Gasteiger partial charge >= 0.3 is 0 Å². The Labute approximate surface area is 202 Å². The van der Waals surface area contributed by atoms with E-state index in [4.69, 9.17) is 21.1 Å². The minimum atomic E-state index is -0.363. The highest BCUT2D eigenvalue weighted by atomic mass is 35.5. The van der Waals surface area contributed by atoms with Crippen LogP contribution in [0.25, 0.3) is 11.4 Å². The largest absolute Gasteiger partial charge is 0.493 e. The van der Waals surface area contributed by atoms with Crippen molar-refractivity contribution in [3.8, 4) is 22.9 Å². The number of halogens is 1. The Kier molecular flexibility index (Phi) is 7.76. The van der Waals surface area contributed by atoms with Gasteiger partial charge in [-0.3, -0.25) is 9.59 Å². The Morgan fingerprint density at radius 2 is 1.94 bits per heavy atom. The monoisotopic (exact) mass is 483 g/mol. The molecule has 0 radical (unpaired) electrons. The third-order valence-corrected chi connectivity index (χ3v) is 5.77. The lowest BCUT2D eigenvalue weighted by molar-refractivity contribution is -0.131. The van der Waals surface area contributed by atoms with Crippen molar-refractivity contribution in [3.63, 3.8) is 0 Å². The van der Waals surface area contributed by atoms with Gasteiger partial charge in [-0.05, 0) is 35.9 Å². The third-order valence-electron chi connectivity index (χ3n) is 5.53. The zero-order valence-electron chi connectivity index (χ0n) is 18.8. The van der Waals surface area contributed by atoms with Gasteiger partial charge in [-0.25, -0.2) is 0 Å². The van der Waals surface area contributed by atoms with Crippen LogP contribution < -0.4 is 20.3 Å². The number of carbonyl (C=O) groups is 1. The molecule has 1 saturated heterocycles. The molecule has 2 N–H and O–H groups in total. The Balaban J connectivity index is 1.42. The molecule has 3 aromatic rings. The van der Waals surface area contributed by atoms with Crippen molar-refractivity contribution in [3.05, 3.63) is 69.1 Å². The Morgan fingerprint density at radius 3 is 2.68 bits per heavy atom. The minimum Gasteiger partial charge on any atom is -0.493 e. The highest BCUT2D eigenvalue weighted by Crippen LogP contribution is 2.31. The zero-order valence-corrected chi connectivity index (χ0v) is 19.6. The van der Waals surface area contributed by atoms with Crippen LogP contribution in [0.4, 0.5) is 0 Å². The van der Waals surface area contributed by atoms with Crippen LogP contribution in [0.1, 0.15) is 17.7 Å². The van der Waals surface area contributed by atoms with E-state index >= 15 is 0 Å². The first-order valence-electron chi connectivity index (χ1n) is 11.0. The summed E-state index contributed by atoms with van der Waals surface area (Å²) in [5.41, 5.74) is 1.43. The predicted molar refractivity (Wildman–Crippen MR) is 128 cm³/mol. The second-order valence-corrected chi connectivity index (χ2v) is 8.30. The number of aromatic nitrogens is 3. The molecule has 0 saturated carbocycles. The number of hydrogen-bond donors (Lipinski definition) is 2. The van der Waals surface area contributed by atoms with Crippen LogP contribution in [0.2, 0.25) is 5.02 Å². The van der Waals surface area contributed by atoms with Crippen LogP contribution >= 0.6 is 11.6 Å². The van der Waals surface area contributed by atoms with E-state index in [0.29, 0.717) is 47.6 Å². The molecule has 178 valence electrons. The van der Waals surface area contributed by atoms with E-state index in [1.54, 1.807) is 29.2 Å². The fourth-order valence-corrected chi connectivity index (χ4v) is 3.89. The van der Waals surface area contributed by atoms with Gasteiger partial charge in [-0.2, -0.15) is 0 Å². The van der Waals surface area contributed by atoms with Gasteiger partial charge < -0.3 is 24.7 Å². The van der Waals surface area contributed by atoms with Crippen molar-refractivity contribution in [2.75, 3.05) is 33.3 Å². The van der Waals surface area contributed by atoms with Gasteiger partial charge in [0.1, 0.15) is 12.3 Å². The number of nitrogens with one attached hydrogen (secondary N) is 2. The van der Waals surface area contributed by atoms with Gasteiger partial charge in [-0.1, -0.05) is 23.7 Å². The summed E-state index contributed by atoms with van der Waals surface area (Å²) in [6, 6.07) is 12.7. The molecule has 1 aliphatic rings. The van der Waals surface area contributed by atoms with Crippen LogP contribution in [0.3, 0.4) is 0 Å². The number of methoxy groups -OCH3 is 1. The molecule has 2 heterocycles. The summed E-state index contributed by atoms with van der Waals surface area (Å²) in [6.45, 7) is 3.26. The molecule has 0 bridgehead atoms. The summed E-state index contributed by atoms with van der Waals surface area (Å²) < 4.78 is 11.3. The maximum atomic E-state index is 12.6. The molecule has 0 atom stereocenters. The number of nitrogens with zero attached hydrogens (tertiary/aromatic N) is 3. The number of benzene rings is 2. The van der Waals surface area contributed by atoms with E-state index in [-0.39, 0.29) is 30.0 Å². The SMILES string of the molecule is COc1cc(-c2nnc(CCC(=O)N3CCNCC3)c(=O)[nH]2)ccc1OCc1cccc(Cl)c1. The number of aromatic amines is 1. The fraction of sp³-hybridized carbons (Fsp3) is 0.333. The lowest BCUT2D eigenvalue weighted by atomic mass is 10.2. The van der Waals surface area contributed by atoms with Crippen LogP contribution in [0, 0.1) is 0 Å². The molecular formula is C24H26ClN5O4. The van der Waals surface area contributed by atoms with Gasteiger partial charge in [0, 0.05) is 49.6 Å². The first-order chi connectivity index (χ1) is 16.5. The molecule has 9 nitrogen and oxygen atoms in total. The Morgan fingerprint density at radius 1 is 1.12 bits per heavy atom. The van der Waals surface area contributed by atoms with Crippen LogP contribution in [0.15, 0.2) is 47.3 Å². The molecule has 10 heteroatoms. The summed E-state index contributed by atoms with van der Waals surface area (Å²) in [5.74, 6) is 1.36. The first-order valence-corrected chi connectivity index (χ1v) is 11.4. The van der Waals surface area contributed by atoms with Crippen LogP contribution in [-0.4, -0.2) is 59.3 Å². The van der Waals surface area contributed by atoms with Gasteiger partial charge in [-0.15, -0.1) is 10.2 Å². The normalized spacial score (nSPS) is 13.5. The maximum Gasteiger partial charge on any atom is 0.273 e. The van der Waals surface area contributed by atoms with Gasteiger partial charge in [0.15, 0.2) is 17.3 Å². The van der Waals surface area contributed by atoms with E-state index in [2.05, 4.69) is 20.5 Å². The number of amides is 1. The quantitative estimate of drug-likeness (QED) is 0.506. The molecule has 4 rings (SSSR count). The molecule has 1 fully saturated rings. The summed E-state index contributed by atoms with van der Waals surface area (Å²) >= 11 is 6.03. The fourth-order valence-electron chi connectivity index (χ4n) is 3.67. The highest BCUT2D eigenvalue weighted by molar-refractivity contribution is 6.30. The van der Waals surface area contributed by atoms with Crippen molar-refractivity contribution >= 4 is 17.5 Å². The molecular weight excluding hydrogens is 458 g/mol. The smallest absolute Gasteiger partial charge is 0.273 e. The number of aryl methyl sites for hydroxylation is 1. The van der Waals surface area contributed by atoms with E-state index in [1.165, 1.54) is 7.11 Å². The number of carbonyl (C=O) groups excluding carboxylic acids is 1. The Bertz CT molecular complexity index is 1210. The summed E-state index contributed by atoms with van der Waals surface area (Å²) in [5, 5.41) is 12.1. The molecule has 34 heavy (non-hydrogen) atoms. The summed E-state index contributed by atoms with van der Waals surface area (Å²) in [6.07, 6.45) is 0.467. The second kappa shape index (κ2) is 11.1. The predicted octanol–water partition coefficient (Wildman–Crippen LogP) is 2.44. The van der Waals surface area contributed by atoms with Crippen LogP contribution in [-0.2, 0) is 17.8 Å². The Hall–Kier alpha value is -3.43. The van der Waals surface area contributed by atoms with Crippen LogP contribution in [0.5, 0.6) is 11.5 Å².